The van der Waals surface area contributed by atoms with Gasteiger partial charge in [-0.1, -0.05) is 26.0 Å². The van der Waals surface area contributed by atoms with E-state index in [1.807, 2.05) is 48.9 Å². The fourth-order valence-corrected chi connectivity index (χ4v) is 5.24. The lowest BCUT2D eigenvalue weighted by molar-refractivity contribution is -0.129. The van der Waals surface area contributed by atoms with Crippen molar-refractivity contribution >= 4 is 28.6 Å². The van der Waals surface area contributed by atoms with Crippen molar-refractivity contribution in [1.82, 2.24) is 34.6 Å². The maximum Gasteiger partial charge on any atom is 0.260 e. The Labute approximate surface area is 255 Å². The van der Waals surface area contributed by atoms with Gasteiger partial charge in [0.15, 0.2) is 0 Å². The van der Waals surface area contributed by atoms with Crippen molar-refractivity contribution in [2.24, 2.45) is 13.0 Å². The monoisotopic (exact) mass is 599 g/mol. The van der Waals surface area contributed by atoms with E-state index in [9.17, 15) is 19.2 Å². The number of hydrogen-bond acceptors (Lipinski definition) is 7. The van der Waals surface area contributed by atoms with Crippen LogP contribution >= 0.6 is 0 Å². The van der Waals surface area contributed by atoms with Gasteiger partial charge in [0.1, 0.15) is 17.6 Å². The van der Waals surface area contributed by atoms with Gasteiger partial charge in [-0.05, 0) is 49.1 Å². The van der Waals surface area contributed by atoms with Crippen LogP contribution in [0.1, 0.15) is 37.0 Å². The molecule has 0 radical (unpaired) electrons. The molecule has 2 N–H and O–H groups in total. The zero-order valence-corrected chi connectivity index (χ0v) is 25.2. The van der Waals surface area contributed by atoms with Crippen molar-refractivity contribution in [3.63, 3.8) is 0 Å². The Balaban J connectivity index is 1.42. The number of aryl methyl sites for hydroxylation is 1. The van der Waals surface area contributed by atoms with Crippen LogP contribution < -0.4 is 20.9 Å². The molecule has 1 aliphatic heterocycles. The standard InChI is InChI=1S/C32H37N7O5/c1-21(2)16-27-30(41)34-11-14-38-13-10-33-29(38)22-6-4-7-24(17-22)44-15-5-12-39(19-28(40)36-27)31(42)23-8-9-25-26(18-23)35-20-37(3)32(25)43/h4,6-10,13,17-18,20-21,27H,5,11-12,14-16,19H2,1-3H3,(H,34,41)(H,36,40)/t27-/m1/s1. The summed E-state index contributed by atoms with van der Waals surface area (Å²) in [4.78, 5) is 63.0. The largest absolute Gasteiger partial charge is 0.494 e. The van der Waals surface area contributed by atoms with E-state index in [4.69, 9.17) is 4.74 Å². The van der Waals surface area contributed by atoms with Crippen LogP contribution in [0.5, 0.6) is 5.75 Å². The first-order valence-electron chi connectivity index (χ1n) is 14.8. The molecule has 2 aromatic heterocycles. The zero-order chi connectivity index (χ0) is 31.2. The summed E-state index contributed by atoms with van der Waals surface area (Å²) in [5.41, 5.74) is 1.35. The Bertz CT molecular complexity index is 1730. The summed E-state index contributed by atoms with van der Waals surface area (Å²) >= 11 is 0. The Hall–Kier alpha value is -5.00. The van der Waals surface area contributed by atoms with Crippen LogP contribution in [0, 0.1) is 5.92 Å². The molecule has 3 amide bonds. The van der Waals surface area contributed by atoms with Gasteiger partial charge in [0, 0.05) is 50.2 Å². The number of fused-ring (bicyclic) bond motifs is 5. The molecule has 0 fully saturated rings. The highest BCUT2D eigenvalue weighted by molar-refractivity contribution is 5.99. The summed E-state index contributed by atoms with van der Waals surface area (Å²) in [5, 5.41) is 6.19. The molecule has 44 heavy (non-hydrogen) atoms. The van der Waals surface area contributed by atoms with E-state index in [1.54, 1.807) is 31.4 Å². The van der Waals surface area contributed by atoms with E-state index in [-0.39, 0.29) is 30.5 Å². The molecule has 5 rings (SSSR count). The van der Waals surface area contributed by atoms with Gasteiger partial charge in [-0.25, -0.2) is 9.97 Å². The lowest BCUT2D eigenvalue weighted by Crippen LogP contribution is -2.51. The third-order valence-electron chi connectivity index (χ3n) is 7.45. The molecule has 0 unspecified atom stereocenters. The van der Waals surface area contributed by atoms with E-state index < -0.39 is 17.9 Å². The van der Waals surface area contributed by atoms with Crippen molar-refractivity contribution < 1.29 is 19.1 Å². The molecule has 2 bridgehead atoms. The molecule has 1 atom stereocenters. The number of aromatic nitrogens is 4. The Morgan fingerprint density at radius 1 is 1.09 bits per heavy atom. The number of imidazole rings is 1. The minimum atomic E-state index is -0.762. The average molecular weight is 600 g/mol. The lowest BCUT2D eigenvalue weighted by atomic mass is 10.0. The fourth-order valence-electron chi connectivity index (χ4n) is 5.24. The topological polar surface area (TPSA) is 140 Å². The molecule has 0 saturated carbocycles. The first-order valence-corrected chi connectivity index (χ1v) is 14.8. The maximum absolute atomic E-state index is 13.7. The number of carbonyl (C=O) groups is 3. The second-order valence-corrected chi connectivity index (χ2v) is 11.3. The van der Waals surface area contributed by atoms with Crippen molar-refractivity contribution in [3.05, 3.63) is 77.1 Å². The third kappa shape index (κ3) is 7.13. The van der Waals surface area contributed by atoms with Gasteiger partial charge in [0.2, 0.25) is 11.8 Å². The van der Waals surface area contributed by atoms with Gasteiger partial charge in [0.05, 0.1) is 30.4 Å². The molecule has 0 aliphatic carbocycles. The van der Waals surface area contributed by atoms with Crippen molar-refractivity contribution in [3.8, 4) is 17.1 Å². The normalized spacial score (nSPS) is 16.8. The molecule has 12 nitrogen and oxygen atoms in total. The van der Waals surface area contributed by atoms with Crippen molar-refractivity contribution in [2.45, 2.75) is 39.3 Å². The molecule has 4 aromatic rings. The lowest BCUT2D eigenvalue weighted by Gasteiger charge is -2.25. The van der Waals surface area contributed by atoms with Gasteiger partial charge in [-0.15, -0.1) is 0 Å². The summed E-state index contributed by atoms with van der Waals surface area (Å²) in [7, 11) is 1.61. The molecule has 0 spiro atoms. The van der Waals surface area contributed by atoms with Crippen LogP contribution in [0.2, 0.25) is 0 Å². The zero-order valence-electron chi connectivity index (χ0n) is 25.2. The third-order valence-corrected chi connectivity index (χ3v) is 7.45. The van der Waals surface area contributed by atoms with Gasteiger partial charge in [-0.2, -0.15) is 0 Å². The molecular weight excluding hydrogens is 562 g/mol. The van der Waals surface area contributed by atoms with Gasteiger partial charge in [0.25, 0.3) is 11.5 Å². The number of nitrogens with one attached hydrogen (secondary N) is 2. The summed E-state index contributed by atoms with van der Waals surface area (Å²) < 4.78 is 9.35. The van der Waals surface area contributed by atoms with Crippen LogP contribution in [0.25, 0.3) is 22.3 Å². The highest BCUT2D eigenvalue weighted by atomic mass is 16.5. The summed E-state index contributed by atoms with van der Waals surface area (Å²) in [6, 6.07) is 11.5. The fraction of sp³-hybridized carbons (Fsp3) is 0.375. The molecular formula is C32H37N7O5. The molecule has 12 heteroatoms. The number of carbonyl (C=O) groups excluding carboxylic acids is 3. The second kappa shape index (κ2) is 13.5. The van der Waals surface area contributed by atoms with Gasteiger partial charge in [-0.3, -0.25) is 19.2 Å². The van der Waals surface area contributed by atoms with Crippen LogP contribution in [-0.2, 0) is 23.2 Å². The number of ether oxygens (including phenoxy) is 1. The minimum absolute atomic E-state index is 0.143. The highest BCUT2D eigenvalue weighted by Gasteiger charge is 2.25. The highest BCUT2D eigenvalue weighted by Crippen LogP contribution is 2.23. The Morgan fingerprint density at radius 3 is 2.75 bits per heavy atom. The molecule has 2 aromatic carbocycles. The first kappa shape index (κ1) is 30.5. The SMILES string of the molecule is CC(C)C[C@H]1NC(=O)CN(C(=O)c2ccc3c(=O)n(C)cnc3c2)CCCOc2cccc(c2)-c2nccn2CCNC1=O. The van der Waals surface area contributed by atoms with Crippen LogP contribution in [0.4, 0.5) is 0 Å². The van der Waals surface area contributed by atoms with E-state index in [0.29, 0.717) is 54.8 Å². The Kier molecular flexibility index (Phi) is 9.37. The molecule has 3 heterocycles. The van der Waals surface area contributed by atoms with Gasteiger partial charge < -0.3 is 29.4 Å². The Morgan fingerprint density at radius 2 is 1.93 bits per heavy atom. The molecule has 0 saturated heterocycles. The predicted molar refractivity (Wildman–Crippen MR) is 165 cm³/mol. The van der Waals surface area contributed by atoms with E-state index in [1.165, 1.54) is 15.8 Å². The maximum atomic E-state index is 13.7. The number of nitrogens with zero attached hydrogens (tertiary/aromatic N) is 5. The first-order chi connectivity index (χ1) is 21.2. The van der Waals surface area contributed by atoms with E-state index >= 15 is 0 Å². The smallest absolute Gasteiger partial charge is 0.260 e. The average Bonchev–Trinajstić information content (AvgIpc) is 3.48. The molecule has 230 valence electrons. The van der Waals surface area contributed by atoms with Gasteiger partial charge >= 0.3 is 0 Å². The van der Waals surface area contributed by atoms with Crippen molar-refractivity contribution in [2.75, 3.05) is 26.2 Å². The minimum Gasteiger partial charge on any atom is -0.494 e. The van der Waals surface area contributed by atoms with Crippen LogP contribution in [-0.4, -0.2) is 74.0 Å². The quantitative estimate of drug-likeness (QED) is 0.369. The summed E-state index contributed by atoms with van der Waals surface area (Å²) in [5.74, 6) is 0.420. The number of amides is 3. The van der Waals surface area contributed by atoms with E-state index in [0.717, 1.165) is 11.4 Å². The van der Waals surface area contributed by atoms with Crippen LogP contribution in [0.15, 0.2) is 66.0 Å². The summed E-state index contributed by atoms with van der Waals surface area (Å²) in [6.45, 7) is 5.06. The summed E-state index contributed by atoms with van der Waals surface area (Å²) in [6.07, 6.45) is 5.86. The molecule has 1 aliphatic rings. The van der Waals surface area contributed by atoms with Crippen LogP contribution in [0.3, 0.4) is 0 Å². The van der Waals surface area contributed by atoms with Crippen molar-refractivity contribution in [1.29, 1.82) is 0 Å². The number of hydrogen-bond donors (Lipinski definition) is 2. The number of benzene rings is 2. The predicted octanol–water partition coefficient (Wildman–Crippen LogP) is 2.37. The number of rotatable bonds is 3. The second-order valence-electron chi connectivity index (χ2n) is 11.3. The van der Waals surface area contributed by atoms with E-state index in [2.05, 4.69) is 20.6 Å².